The largest absolute Gasteiger partial charge is 0.335 e. The molecule has 1 aromatic heterocycles. The maximum Gasteiger partial charge on any atom is 0.254 e. The van der Waals surface area contributed by atoms with Crippen molar-refractivity contribution < 1.29 is 14.4 Å². The van der Waals surface area contributed by atoms with Crippen molar-refractivity contribution in [2.75, 3.05) is 13.1 Å². The summed E-state index contributed by atoms with van der Waals surface area (Å²) in [7, 11) is 0. The second-order valence-corrected chi connectivity index (χ2v) is 8.29. The van der Waals surface area contributed by atoms with Gasteiger partial charge in [0.1, 0.15) is 12.4 Å². The summed E-state index contributed by atoms with van der Waals surface area (Å²) in [6.45, 7) is 2.15. The summed E-state index contributed by atoms with van der Waals surface area (Å²) in [6.07, 6.45) is 3.46. The van der Waals surface area contributed by atoms with Crippen LogP contribution >= 0.6 is 0 Å². The number of carbonyl (C=O) groups excluding carboxylic acids is 3. The number of carbonyl (C=O) groups is 3. The fraction of sp³-hybridized carbons (Fsp3) is 0.632. The van der Waals surface area contributed by atoms with Crippen LogP contribution in [-0.2, 0) is 27.3 Å². The summed E-state index contributed by atoms with van der Waals surface area (Å²) in [6, 6.07) is 0. The first-order chi connectivity index (χ1) is 12.9. The van der Waals surface area contributed by atoms with Crippen molar-refractivity contribution in [1.82, 2.24) is 19.8 Å². The molecule has 3 fully saturated rings. The molecule has 3 heterocycles. The van der Waals surface area contributed by atoms with E-state index in [1.807, 2.05) is 0 Å². The van der Waals surface area contributed by atoms with Gasteiger partial charge in [-0.3, -0.25) is 24.1 Å². The Balaban J connectivity index is 1.32. The van der Waals surface area contributed by atoms with E-state index in [-0.39, 0.29) is 48.2 Å². The summed E-state index contributed by atoms with van der Waals surface area (Å²) in [4.78, 5) is 60.1. The molecule has 0 radical (unpaired) electrons. The van der Waals surface area contributed by atoms with Crippen LogP contribution in [0.3, 0.4) is 0 Å². The van der Waals surface area contributed by atoms with Crippen LogP contribution in [0.1, 0.15) is 36.3 Å². The highest BCUT2D eigenvalue weighted by atomic mass is 16.2. The lowest BCUT2D eigenvalue weighted by molar-refractivity contribution is -0.147. The van der Waals surface area contributed by atoms with Crippen LogP contribution in [0.15, 0.2) is 4.79 Å². The van der Waals surface area contributed by atoms with Gasteiger partial charge in [-0.2, -0.15) is 0 Å². The highest BCUT2D eigenvalue weighted by molar-refractivity contribution is 6.08. The monoisotopic (exact) mass is 370 g/mol. The molecule has 4 unspecified atom stereocenters. The van der Waals surface area contributed by atoms with Crippen molar-refractivity contribution in [2.45, 2.75) is 39.2 Å². The molecule has 4 atom stereocenters. The Morgan fingerprint density at radius 2 is 1.81 bits per heavy atom. The highest BCUT2D eigenvalue weighted by Crippen LogP contribution is 2.56. The Labute approximate surface area is 155 Å². The van der Waals surface area contributed by atoms with Crippen molar-refractivity contribution in [1.29, 1.82) is 0 Å². The maximum atomic E-state index is 12.8. The minimum atomic E-state index is -0.255. The first kappa shape index (κ1) is 16.6. The highest BCUT2D eigenvalue weighted by Gasteiger charge is 2.61. The van der Waals surface area contributed by atoms with E-state index in [0.717, 1.165) is 19.3 Å². The summed E-state index contributed by atoms with van der Waals surface area (Å²) in [5, 5.41) is 0. The molecule has 8 nitrogen and oxygen atoms in total. The van der Waals surface area contributed by atoms with Crippen molar-refractivity contribution in [3.8, 4) is 0 Å². The lowest BCUT2D eigenvalue weighted by atomic mass is 9.81. The third-order valence-corrected chi connectivity index (χ3v) is 6.86. The molecule has 2 bridgehead atoms. The lowest BCUT2D eigenvalue weighted by Gasteiger charge is -2.29. The SMILES string of the molecule is Cc1nc2c(c(=O)[nH]1)CCN(C(=O)CN1C(=O)C3C4CCC(C4)C3C1=O)C2. The molecule has 0 spiro atoms. The third-order valence-electron chi connectivity index (χ3n) is 6.86. The molecule has 1 N–H and O–H groups in total. The molecule has 142 valence electrons. The number of aromatic nitrogens is 2. The fourth-order valence-corrected chi connectivity index (χ4v) is 5.64. The van der Waals surface area contributed by atoms with Crippen LogP contribution in [0.5, 0.6) is 0 Å². The molecule has 4 aliphatic rings. The van der Waals surface area contributed by atoms with Crippen molar-refractivity contribution in [2.24, 2.45) is 23.7 Å². The normalized spacial score (nSPS) is 31.4. The molecule has 1 saturated heterocycles. The van der Waals surface area contributed by atoms with Crippen LogP contribution in [-0.4, -0.2) is 50.6 Å². The van der Waals surface area contributed by atoms with E-state index >= 15 is 0 Å². The maximum absolute atomic E-state index is 12.8. The number of hydrogen-bond acceptors (Lipinski definition) is 5. The van der Waals surface area contributed by atoms with Crippen molar-refractivity contribution in [3.05, 3.63) is 27.4 Å². The molecule has 27 heavy (non-hydrogen) atoms. The van der Waals surface area contributed by atoms with Gasteiger partial charge in [0.2, 0.25) is 17.7 Å². The zero-order valence-electron chi connectivity index (χ0n) is 15.2. The minimum absolute atomic E-state index is 0.155. The number of aryl methyl sites for hydroxylation is 1. The van der Waals surface area contributed by atoms with Gasteiger partial charge in [-0.1, -0.05) is 0 Å². The number of H-pyrrole nitrogens is 1. The number of rotatable bonds is 2. The fourth-order valence-electron chi connectivity index (χ4n) is 5.64. The number of hydrogen-bond donors (Lipinski definition) is 1. The first-order valence-electron chi connectivity index (χ1n) is 9.65. The van der Waals surface area contributed by atoms with E-state index < -0.39 is 0 Å². The average Bonchev–Trinajstić information content (AvgIpc) is 3.31. The van der Waals surface area contributed by atoms with Gasteiger partial charge in [-0.25, -0.2) is 4.98 Å². The zero-order chi connectivity index (χ0) is 18.9. The second kappa shape index (κ2) is 5.74. The molecule has 0 aromatic carbocycles. The molecule has 3 amide bonds. The van der Waals surface area contributed by atoms with Gasteiger partial charge in [-0.05, 0) is 44.4 Å². The molecule has 1 aromatic rings. The van der Waals surface area contributed by atoms with E-state index in [9.17, 15) is 19.2 Å². The van der Waals surface area contributed by atoms with Gasteiger partial charge >= 0.3 is 0 Å². The number of nitrogens with one attached hydrogen (secondary N) is 1. The third kappa shape index (κ3) is 2.38. The number of likely N-dealkylation sites (tertiary alicyclic amines) is 1. The van der Waals surface area contributed by atoms with Gasteiger partial charge in [-0.15, -0.1) is 0 Å². The summed E-state index contributed by atoms with van der Waals surface area (Å²) in [5.74, 6) is 0.176. The molecule has 2 saturated carbocycles. The average molecular weight is 370 g/mol. The molecule has 2 aliphatic carbocycles. The molecule has 8 heteroatoms. The second-order valence-electron chi connectivity index (χ2n) is 8.29. The Hall–Kier alpha value is -2.51. The van der Waals surface area contributed by atoms with Gasteiger partial charge in [0.05, 0.1) is 24.1 Å². The summed E-state index contributed by atoms with van der Waals surface area (Å²) in [5.41, 5.74) is 1.06. The van der Waals surface area contributed by atoms with Gasteiger partial charge in [0.25, 0.3) is 5.56 Å². The molecular weight excluding hydrogens is 348 g/mol. The predicted molar refractivity (Wildman–Crippen MR) is 93.2 cm³/mol. The van der Waals surface area contributed by atoms with Gasteiger partial charge in [0.15, 0.2) is 0 Å². The number of imide groups is 1. The summed E-state index contributed by atoms with van der Waals surface area (Å²) < 4.78 is 0. The zero-order valence-corrected chi connectivity index (χ0v) is 15.2. The smallest absolute Gasteiger partial charge is 0.254 e. The summed E-state index contributed by atoms with van der Waals surface area (Å²) >= 11 is 0. The first-order valence-corrected chi connectivity index (χ1v) is 9.65. The van der Waals surface area contributed by atoms with Gasteiger partial charge < -0.3 is 9.88 Å². The quantitative estimate of drug-likeness (QED) is 0.738. The number of aromatic amines is 1. The van der Waals surface area contributed by atoms with Crippen LogP contribution in [0.25, 0.3) is 0 Å². The standard InChI is InChI=1S/C19H22N4O4/c1-9-20-13-7-22(5-4-12(13)17(25)21-9)14(24)8-23-18(26)15-10-2-3-11(6-10)16(15)19(23)27/h10-11,15-16H,2-8H2,1H3,(H,20,21,25). The van der Waals surface area contributed by atoms with E-state index in [1.54, 1.807) is 11.8 Å². The number of fused-ring (bicyclic) bond motifs is 6. The van der Waals surface area contributed by atoms with Crippen molar-refractivity contribution >= 4 is 17.7 Å². The topological polar surface area (TPSA) is 103 Å². The van der Waals surface area contributed by atoms with Crippen LogP contribution in [0.4, 0.5) is 0 Å². The Bertz CT molecular complexity index is 895. The van der Waals surface area contributed by atoms with Crippen LogP contribution in [0.2, 0.25) is 0 Å². The molecule has 5 rings (SSSR count). The van der Waals surface area contributed by atoms with Crippen LogP contribution < -0.4 is 5.56 Å². The number of amides is 3. The Morgan fingerprint density at radius 1 is 1.15 bits per heavy atom. The minimum Gasteiger partial charge on any atom is -0.335 e. The van der Waals surface area contributed by atoms with Crippen LogP contribution in [0, 0.1) is 30.6 Å². The van der Waals surface area contributed by atoms with E-state index in [4.69, 9.17) is 0 Å². The van der Waals surface area contributed by atoms with E-state index in [0.29, 0.717) is 41.9 Å². The van der Waals surface area contributed by atoms with Gasteiger partial charge in [0, 0.05) is 12.1 Å². The Kier molecular flexibility index (Phi) is 3.54. The van der Waals surface area contributed by atoms with E-state index in [1.165, 1.54) is 4.90 Å². The lowest BCUT2D eigenvalue weighted by Crippen LogP contribution is -2.46. The predicted octanol–water partition coefficient (Wildman–Crippen LogP) is -0.00588. The Morgan fingerprint density at radius 3 is 2.48 bits per heavy atom. The van der Waals surface area contributed by atoms with E-state index in [2.05, 4.69) is 9.97 Å². The van der Waals surface area contributed by atoms with Crippen molar-refractivity contribution in [3.63, 3.8) is 0 Å². The molecular formula is C19H22N4O4. The molecule has 2 aliphatic heterocycles. The number of nitrogens with zero attached hydrogens (tertiary/aromatic N) is 3.